The SMILES string of the molecule is CC/C=C\C/C=C\C/C=C\C/C=C\CCCCCCCCC(=O)OC(COC(=O)CCCCCCCCCCCCCCCCCCCCCCCCCCC/C=C\C/C=C\CCCCCCC)COC(OCC[N+](C)(C)C)C(=O)[O-]. The van der Waals surface area contributed by atoms with Crippen LogP contribution in [-0.4, -0.2) is 82.3 Å². The fourth-order valence-electron chi connectivity index (χ4n) is 9.74. The van der Waals surface area contributed by atoms with Gasteiger partial charge in [0.25, 0.3) is 0 Å². The monoisotopic (exact) mass is 1140 g/mol. The van der Waals surface area contributed by atoms with Crippen molar-refractivity contribution in [1.29, 1.82) is 0 Å². The van der Waals surface area contributed by atoms with E-state index in [1.165, 1.54) is 186 Å². The van der Waals surface area contributed by atoms with Crippen molar-refractivity contribution in [3.8, 4) is 0 Å². The molecule has 0 N–H and O–H groups in total. The minimum absolute atomic E-state index is 0.143. The van der Waals surface area contributed by atoms with Crippen LogP contribution in [0, 0.1) is 0 Å². The van der Waals surface area contributed by atoms with E-state index >= 15 is 0 Å². The van der Waals surface area contributed by atoms with Crippen LogP contribution in [-0.2, 0) is 33.3 Å². The standard InChI is InChI=1S/C72H129NO8/c1-6-8-10-12-14-16-18-20-22-24-26-27-28-29-30-31-32-33-34-35-36-37-38-39-40-41-42-43-45-46-48-50-52-54-56-58-60-62-69(74)79-66-68(67-80-72(71(76)77)78-65-64-73(3,4)5)81-70(75)63-61-59-57-55-53-51-49-47-44-25-23-21-19-17-15-13-11-9-7-2/h9,11,15,17-18,20-21,23-24,26,44,47,68,72H,6-8,10,12-14,16,19,22,25,27-43,45-46,48-67H2,1-5H3/b11-9-,17-15-,20-18-,23-21-,26-24-,47-44-. The van der Waals surface area contributed by atoms with Gasteiger partial charge in [0.1, 0.15) is 13.2 Å². The molecular formula is C72H129NO8. The summed E-state index contributed by atoms with van der Waals surface area (Å²) in [6.45, 7) is 4.64. The van der Waals surface area contributed by atoms with E-state index in [0.717, 1.165) is 89.9 Å². The van der Waals surface area contributed by atoms with Crippen LogP contribution < -0.4 is 5.11 Å². The van der Waals surface area contributed by atoms with Crippen LogP contribution in [0.2, 0.25) is 0 Å². The van der Waals surface area contributed by atoms with E-state index in [9.17, 15) is 19.5 Å². The van der Waals surface area contributed by atoms with Gasteiger partial charge in [-0.3, -0.25) is 9.59 Å². The molecule has 0 aliphatic heterocycles. The van der Waals surface area contributed by atoms with Crippen LogP contribution in [0.4, 0.5) is 0 Å². The molecule has 0 aromatic rings. The molecule has 0 saturated heterocycles. The van der Waals surface area contributed by atoms with Crippen molar-refractivity contribution in [3.05, 3.63) is 72.9 Å². The average molecular weight is 1140 g/mol. The second kappa shape index (κ2) is 62.8. The summed E-state index contributed by atoms with van der Waals surface area (Å²) < 4.78 is 22.7. The Bertz CT molecular complexity index is 1560. The first-order valence-corrected chi connectivity index (χ1v) is 34.1. The number of rotatable bonds is 63. The summed E-state index contributed by atoms with van der Waals surface area (Å²) in [4.78, 5) is 37.4. The molecule has 0 saturated carbocycles. The van der Waals surface area contributed by atoms with Gasteiger partial charge in [-0.15, -0.1) is 0 Å². The number of carboxylic acid groups (broad SMARTS) is 1. The van der Waals surface area contributed by atoms with Crippen molar-refractivity contribution >= 4 is 17.9 Å². The predicted molar refractivity (Wildman–Crippen MR) is 343 cm³/mol. The highest BCUT2D eigenvalue weighted by Gasteiger charge is 2.22. The minimum Gasteiger partial charge on any atom is -0.545 e. The zero-order chi connectivity index (χ0) is 59.1. The number of allylic oxidation sites excluding steroid dienone is 12. The van der Waals surface area contributed by atoms with Crippen LogP contribution in [0.15, 0.2) is 72.9 Å². The lowest BCUT2D eigenvalue weighted by Crippen LogP contribution is -2.44. The Morgan fingerprint density at radius 3 is 1.05 bits per heavy atom. The van der Waals surface area contributed by atoms with Crippen molar-refractivity contribution in [3.63, 3.8) is 0 Å². The molecule has 0 bridgehead atoms. The highest BCUT2D eigenvalue weighted by Crippen LogP contribution is 2.18. The van der Waals surface area contributed by atoms with Gasteiger partial charge in [0.2, 0.25) is 0 Å². The molecule has 2 atom stereocenters. The lowest BCUT2D eigenvalue weighted by atomic mass is 10.0. The summed E-state index contributed by atoms with van der Waals surface area (Å²) in [6.07, 6.45) is 80.0. The summed E-state index contributed by atoms with van der Waals surface area (Å²) in [5.74, 6) is -2.29. The number of hydrogen-bond acceptors (Lipinski definition) is 8. The van der Waals surface area contributed by atoms with E-state index in [1.54, 1.807) is 0 Å². The number of ether oxygens (including phenoxy) is 4. The molecule has 0 amide bonds. The first kappa shape index (κ1) is 77.7. The third kappa shape index (κ3) is 64.1. The van der Waals surface area contributed by atoms with Crippen molar-refractivity contribution < 1.29 is 42.9 Å². The summed E-state index contributed by atoms with van der Waals surface area (Å²) in [5, 5.41) is 11.8. The van der Waals surface area contributed by atoms with Gasteiger partial charge >= 0.3 is 11.9 Å². The number of hydrogen-bond donors (Lipinski definition) is 0. The lowest BCUT2D eigenvalue weighted by Gasteiger charge is -2.26. The quantitative estimate of drug-likeness (QED) is 0.0195. The Morgan fingerprint density at radius 2 is 0.704 bits per heavy atom. The number of nitrogens with zero attached hydrogens (tertiary/aromatic N) is 1. The Hall–Kier alpha value is -3.27. The normalized spacial score (nSPS) is 13.1. The molecule has 9 nitrogen and oxygen atoms in total. The maximum absolute atomic E-state index is 12.9. The van der Waals surface area contributed by atoms with Crippen LogP contribution in [0.1, 0.15) is 309 Å². The molecule has 0 heterocycles. The molecule has 0 aliphatic rings. The maximum atomic E-state index is 12.9. The number of carbonyl (C=O) groups is 3. The van der Waals surface area contributed by atoms with Gasteiger partial charge in [-0.1, -0.05) is 286 Å². The Balaban J connectivity index is 4.01. The summed E-state index contributed by atoms with van der Waals surface area (Å²) in [6, 6.07) is 0. The van der Waals surface area contributed by atoms with Gasteiger partial charge in [0.05, 0.1) is 40.3 Å². The summed E-state index contributed by atoms with van der Waals surface area (Å²) in [5.41, 5.74) is 0. The number of unbranched alkanes of at least 4 members (excludes halogenated alkanes) is 36. The second-order valence-electron chi connectivity index (χ2n) is 24.1. The number of esters is 2. The third-order valence-electron chi connectivity index (χ3n) is 14.9. The van der Waals surface area contributed by atoms with E-state index in [0.29, 0.717) is 17.4 Å². The first-order chi connectivity index (χ1) is 39.6. The molecule has 0 fully saturated rings. The molecule has 0 rings (SSSR count). The number of carboxylic acids is 1. The topological polar surface area (TPSA) is 111 Å². The van der Waals surface area contributed by atoms with Crippen molar-refractivity contribution in [1.82, 2.24) is 0 Å². The van der Waals surface area contributed by atoms with Gasteiger partial charge in [0.15, 0.2) is 12.4 Å². The molecule has 9 heteroatoms. The highest BCUT2D eigenvalue weighted by molar-refractivity contribution is 5.70. The predicted octanol–water partition coefficient (Wildman–Crippen LogP) is 19.6. The smallest absolute Gasteiger partial charge is 0.306 e. The number of aliphatic carboxylic acids is 1. The van der Waals surface area contributed by atoms with Crippen LogP contribution >= 0.6 is 0 Å². The van der Waals surface area contributed by atoms with Crippen LogP contribution in [0.3, 0.4) is 0 Å². The lowest BCUT2D eigenvalue weighted by molar-refractivity contribution is -0.870. The van der Waals surface area contributed by atoms with E-state index in [2.05, 4.69) is 86.8 Å². The van der Waals surface area contributed by atoms with Crippen LogP contribution in [0.25, 0.3) is 0 Å². The zero-order valence-corrected chi connectivity index (χ0v) is 53.7. The molecule has 81 heavy (non-hydrogen) atoms. The molecule has 2 unspecified atom stereocenters. The molecule has 0 radical (unpaired) electrons. The average Bonchev–Trinajstić information content (AvgIpc) is 3.44. The van der Waals surface area contributed by atoms with Gasteiger partial charge in [-0.05, 0) is 83.5 Å². The third-order valence-corrected chi connectivity index (χ3v) is 14.9. The highest BCUT2D eigenvalue weighted by atomic mass is 16.7. The second-order valence-corrected chi connectivity index (χ2v) is 24.1. The summed E-state index contributed by atoms with van der Waals surface area (Å²) >= 11 is 0. The first-order valence-electron chi connectivity index (χ1n) is 34.1. The molecule has 0 aromatic heterocycles. The van der Waals surface area contributed by atoms with Crippen molar-refractivity contribution in [2.75, 3.05) is 47.5 Å². The van der Waals surface area contributed by atoms with E-state index in [-0.39, 0.29) is 38.6 Å². The fourth-order valence-corrected chi connectivity index (χ4v) is 9.74. The maximum Gasteiger partial charge on any atom is 0.306 e. The molecule has 470 valence electrons. The van der Waals surface area contributed by atoms with Gasteiger partial charge < -0.3 is 33.3 Å². The largest absolute Gasteiger partial charge is 0.545 e. The fraction of sp³-hybridized carbons (Fsp3) is 0.792. The Kier molecular flexibility index (Phi) is 60.2. The van der Waals surface area contributed by atoms with Crippen molar-refractivity contribution in [2.45, 2.75) is 322 Å². The van der Waals surface area contributed by atoms with E-state index in [1.807, 2.05) is 21.1 Å². The van der Waals surface area contributed by atoms with Gasteiger partial charge in [-0.25, -0.2) is 0 Å². The van der Waals surface area contributed by atoms with E-state index < -0.39 is 24.3 Å². The number of quaternary nitrogens is 1. The number of carbonyl (C=O) groups excluding carboxylic acids is 3. The number of likely N-dealkylation sites (N-methyl/N-ethyl adjacent to an activating group) is 1. The molecule has 0 aromatic carbocycles. The minimum atomic E-state index is -1.63. The molecule has 0 aliphatic carbocycles. The van der Waals surface area contributed by atoms with Crippen LogP contribution in [0.5, 0.6) is 0 Å². The Labute approximate surface area is 500 Å². The zero-order valence-electron chi connectivity index (χ0n) is 53.7. The van der Waals surface area contributed by atoms with Gasteiger partial charge in [0, 0.05) is 12.8 Å². The van der Waals surface area contributed by atoms with E-state index in [4.69, 9.17) is 18.9 Å². The van der Waals surface area contributed by atoms with Gasteiger partial charge in [-0.2, -0.15) is 0 Å². The molecule has 0 spiro atoms. The molecular weight excluding hydrogens is 1010 g/mol. The van der Waals surface area contributed by atoms with Crippen molar-refractivity contribution in [2.24, 2.45) is 0 Å². The Morgan fingerprint density at radius 1 is 0.383 bits per heavy atom. The summed E-state index contributed by atoms with van der Waals surface area (Å²) in [7, 11) is 5.92.